The lowest BCUT2D eigenvalue weighted by Crippen LogP contribution is -2.18. The van der Waals surface area contributed by atoms with Crippen LogP contribution in [0.3, 0.4) is 0 Å². The molecule has 7 nitrogen and oxygen atoms in total. The van der Waals surface area contributed by atoms with Gasteiger partial charge in [-0.05, 0) is 53.6 Å². The third-order valence-electron chi connectivity index (χ3n) is 6.17. The molecule has 0 amide bonds. The van der Waals surface area contributed by atoms with Crippen LogP contribution in [0.15, 0.2) is 82.9 Å². The molecular formula is C29H22F2N2O5S. The van der Waals surface area contributed by atoms with Gasteiger partial charge in [-0.15, -0.1) is 0 Å². The van der Waals surface area contributed by atoms with Crippen LogP contribution in [0.1, 0.15) is 10.4 Å². The number of hydrogen-bond donors (Lipinski definition) is 2. The van der Waals surface area contributed by atoms with Gasteiger partial charge in [-0.1, -0.05) is 42.2 Å². The predicted molar refractivity (Wildman–Crippen MR) is 147 cm³/mol. The number of aromatic nitrogens is 2. The largest absolute Gasteiger partial charge is 0.493 e. The van der Waals surface area contributed by atoms with Crippen molar-refractivity contribution in [1.82, 2.24) is 9.55 Å². The van der Waals surface area contributed by atoms with E-state index >= 15 is 0 Å². The highest BCUT2D eigenvalue weighted by Gasteiger charge is 2.19. The van der Waals surface area contributed by atoms with E-state index in [0.29, 0.717) is 43.9 Å². The van der Waals surface area contributed by atoms with Gasteiger partial charge in [0.1, 0.15) is 19.0 Å². The molecule has 0 unspecified atom stereocenters. The summed E-state index contributed by atoms with van der Waals surface area (Å²) >= 11 is 0.865. The Morgan fingerprint density at radius 1 is 1.00 bits per heavy atom. The smallest absolute Gasteiger partial charge is 0.307 e. The third kappa shape index (κ3) is 5.06. The van der Waals surface area contributed by atoms with Crippen molar-refractivity contribution in [2.75, 3.05) is 13.2 Å². The summed E-state index contributed by atoms with van der Waals surface area (Å²) in [7, 11) is 1.73. The number of halogens is 2. The molecule has 0 spiro atoms. The maximum Gasteiger partial charge on any atom is 0.307 e. The minimum atomic E-state index is -1.03. The number of nitrogens with one attached hydrogen (secondary N) is 1. The second-order valence-corrected chi connectivity index (χ2v) is 9.59. The van der Waals surface area contributed by atoms with Crippen LogP contribution >= 0.6 is 11.3 Å². The lowest BCUT2D eigenvalue weighted by molar-refractivity contribution is 0.216. The van der Waals surface area contributed by atoms with Gasteiger partial charge in [0, 0.05) is 18.0 Å². The van der Waals surface area contributed by atoms with E-state index < -0.39 is 11.6 Å². The molecule has 0 bridgehead atoms. The average molecular weight is 549 g/mol. The van der Waals surface area contributed by atoms with E-state index in [-0.39, 0.29) is 35.1 Å². The monoisotopic (exact) mass is 548 g/mol. The Morgan fingerprint density at radius 2 is 1.72 bits per heavy atom. The van der Waals surface area contributed by atoms with Crippen LogP contribution in [0.25, 0.3) is 27.7 Å². The Bertz CT molecular complexity index is 1820. The molecule has 2 aromatic heterocycles. The molecule has 0 aliphatic heterocycles. The number of pyridine rings is 1. The average Bonchev–Trinajstić information content (AvgIpc) is 3.28. The molecule has 0 saturated heterocycles. The zero-order valence-corrected chi connectivity index (χ0v) is 21.5. The molecule has 0 fully saturated rings. The van der Waals surface area contributed by atoms with Crippen LogP contribution in [0, 0.1) is 11.6 Å². The Kier molecular flexibility index (Phi) is 7.03. The van der Waals surface area contributed by atoms with Crippen molar-refractivity contribution in [3.8, 4) is 28.6 Å². The number of hydrogen-bond acceptors (Lipinski definition) is 6. The van der Waals surface area contributed by atoms with Crippen molar-refractivity contribution in [2.45, 2.75) is 0 Å². The first-order chi connectivity index (χ1) is 18.7. The number of rotatable bonds is 8. The van der Waals surface area contributed by atoms with Crippen LogP contribution in [-0.4, -0.2) is 27.9 Å². The number of nitrogens with zero attached hydrogens (tertiary/aromatic N) is 1. The number of H-pyrrole nitrogens is 1. The Balaban J connectivity index is 1.35. The normalized spacial score (nSPS) is 11.1. The van der Waals surface area contributed by atoms with Gasteiger partial charge < -0.3 is 19.1 Å². The topological polar surface area (TPSA) is 93.5 Å². The summed E-state index contributed by atoms with van der Waals surface area (Å²) in [6, 6.07) is 17.3. The van der Waals surface area contributed by atoms with Gasteiger partial charge in [-0.25, -0.2) is 8.78 Å². The molecule has 3 aromatic carbocycles. The van der Waals surface area contributed by atoms with Crippen LogP contribution in [-0.2, 0) is 7.05 Å². The number of aromatic hydroxyl groups is 1. The van der Waals surface area contributed by atoms with Crippen molar-refractivity contribution < 1.29 is 23.4 Å². The number of aromatic amines is 1. The van der Waals surface area contributed by atoms with E-state index in [1.54, 1.807) is 60.1 Å². The third-order valence-corrected chi connectivity index (χ3v) is 7.10. The fourth-order valence-electron chi connectivity index (χ4n) is 4.27. The minimum Gasteiger partial charge on any atom is -0.493 e. The summed E-state index contributed by atoms with van der Waals surface area (Å²) in [5.41, 5.74) is 2.04. The van der Waals surface area contributed by atoms with Crippen LogP contribution in [0.4, 0.5) is 8.78 Å². The molecule has 5 rings (SSSR count). The van der Waals surface area contributed by atoms with Crippen molar-refractivity contribution in [3.05, 3.63) is 115 Å². The molecule has 10 heteroatoms. The molecule has 0 saturated carbocycles. The molecule has 39 heavy (non-hydrogen) atoms. The highest BCUT2D eigenvalue weighted by atomic mass is 32.1. The second kappa shape index (κ2) is 10.6. The van der Waals surface area contributed by atoms with E-state index in [9.17, 15) is 23.5 Å². The first-order valence-electron chi connectivity index (χ1n) is 11.8. The number of para-hydroxylation sites is 1. The van der Waals surface area contributed by atoms with Gasteiger partial charge in [0.05, 0.1) is 16.1 Å². The van der Waals surface area contributed by atoms with Crippen LogP contribution in [0.2, 0.25) is 0 Å². The van der Waals surface area contributed by atoms with Crippen LogP contribution in [0.5, 0.6) is 17.4 Å². The zero-order valence-electron chi connectivity index (χ0n) is 20.7. The number of thiazole rings is 1. The van der Waals surface area contributed by atoms with Gasteiger partial charge in [-0.2, -0.15) is 0 Å². The molecule has 2 heterocycles. The second-order valence-electron chi connectivity index (χ2n) is 8.60. The Labute approximate surface area is 224 Å². The van der Waals surface area contributed by atoms with Gasteiger partial charge >= 0.3 is 4.87 Å². The summed E-state index contributed by atoms with van der Waals surface area (Å²) in [4.78, 5) is 27.1. The highest BCUT2D eigenvalue weighted by molar-refractivity contribution is 7.10. The zero-order chi connectivity index (χ0) is 27.7. The SMILES string of the molecule is C=C(c1ccc(OCCOc2c(-c3ccc(F)c(F)c3)n(C)c3ccccc3c2=O)cc1)c1sc(=O)[nH]c1O. The lowest BCUT2D eigenvalue weighted by atomic mass is 10.1. The van der Waals surface area contributed by atoms with Gasteiger partial charge in [0.2, 0.25) is 11.3 Å². The van der Waals surface area contributed by atoms with Gasteiger partial charge in [-0.3, -0.25) is 14.6 Å². The van der Waals surface area contributed by atoms with Crippen molar-refractivity contribution >= 4 is 27.8 Å². The van der Waals surface area contributed by atoms with Crippen LogP contribution < -0.4 is 19.8 Å². The fraction of sp³-hybridized carbons (Fsp3) is 0.103. The molecule has 5 aromatic rings. The number of fused-ring (bicyclic) bond motifs is 1. The van der Waals surface area contributed by atoms with Crippen molar-refractivity contribution in [1.29, 1.82) is 0 Å². The minimum absolute atomic E-state index is 0.00255. The van der Waals surface area contributed by atoms with Gasteiger partial charge in [0.15, 0.2) is 17.4 Å². The summed E-state index contributed by atoms with van der Waals surface area (Å²) in [5, 5.41) is 10.3. The Morgan fingerprint density at radius 3 is 2.41 bits per heavy atom. The molecule has 0 atom stereocenters. The first kappa shape index (κ1) is 25.9. The quantitative estimate of drug-likeness (QED) is 0.251. The maximum atomic E-state index is 14.1. The summed E-state index contributed by atoms with van der Waals surface area (Å²) in [5.74, 6) is -1.73. The fourth-order valence-corrected chi connectivity index (χ4v) is 5.00. The highest BCUT2D eigenvalue weighted by Crippen LogP contribution is 2.32. The van der Waals surface area contributed by atoms with E-state index in [0.717, 1.165) is 23.5 Å². The molecule has 198 valence electrons. The van der Waals surface area contributed by atoms with Crippen molar-refractivity contribution in [2.24, 2.45) is 7.05 Å². The van der Waals surface area contributed by atoms with Crippen molar-refractivity contribution in [3.63, 3.8) is 0 Å². The number of ether oxygens (including phenoxy) is 2. The summed E-state index contributed by atoms with van der Waals surface area (Å²) in [6.07, 6.45) is 0. The number of benzene rings is 3. The molecular weight excluding hydrogens is 526 g/mol. The van der Waals surface area contributed by atoms with E-state index in [2.05, 4.69) is 11.6 Å². The summed E-state index contributed by atoms with van der Waals surface area (Å²) < 4.78 is 41.0. The lowest BCUT2D eigenvalue weighted by Gasteiger charge is -2.18. The maximum absolute atomic E-state index is 14.1. The van der Waals surface area contributed by atoms with E-state index in [4.69, 9.17) is 9.47 Å². The number of aryl methyl sites for hydroxylation is 1. The van der Waals surface area contributed by atoms with Gasteiger partial charge in [0.25, 0.3) is 0 Å². The van der Waals surface area contributed by atoms with E-state index in [1.165, 1.54) is 6.07 Å². The predicted octanol–water partition coefficient (Wildman–Crippen LogP) is 5.46. The molecule has 0 aliphatic carbocycles. The summed E-state index contributed by atoms with van der Waals surface area (Å²) in [6.45, 7) is 4.04. The molecule has 0 aliphatic rings. The van der Waals surface area contributed by atoms with E-state index in [1.807, 2.05) is 0 Å². The molecule has 2 N–H and O–H groups in total. The Hall–Kier alpha value is -4.70. The standard InChI is InChI=1S/C29H22F2N2O5S/c1-16(27-28(35)32-29(36)39-27)17-7-10-19(11-8-17)37-13-14-38-26-24(18-9-12-21(30)22(31)15-18)33(2)23-6-4-3-5-20(23)25(26)34/h3-12,15,35H,1,13-14H2,2H3,(H,32,36). The first-order valence-corrected chi connectivity index (χ1v) is 12.6. The molecule has 0 radical (unpaired) electrons.